The van der Waals surface area contributed by atoms with Crippen LogP contribution in [0, 0.1) is 6.92 Å². The molecule has 32 heavy (non-hydrogen) atoms. The minimum atomic E-state index is -0.199. The SMILES string of the molecule is COc1ccc(NC(=NCCc2c[nH]c3ccccc23)NC(=O)c2ccccc2C)cc1. The number of fused-ring (bicyclic) bond motifs is 1. The van der Waals surface area contributed by atoms with E-state index in [-0.39, 0.29) is 5.91 Å². The van der Waals surface area contributed by atoms with Crippen molar-refractivity contribution in [1.82, 2.24) is 10.3 Å². The van der Waals surface area contributed by atoms with Crippen LogP contribution in [0.2, 0.25) is 0 Å². The number of ether oxygens (including phenoxy) is 1. The first-order valence-electron chi connectivity index (χ1n) is 10.5. The molecule has 6 nitrogen and oxygen atoms in total. The van der Waals surface area contributed by atoms with Gasteiger partial charge in [0.15, 0.2) is 0 Å². The number of anilines is 1. The maximum atomic E-state index is 12.9. The van der Waals surface area contributed by atoms with E-state index < -0.39 is 0 Å². The molecule has 0 fully saturated rings. The minimum absolute atomic E-state index is 0.199. The van der Waals surface area contributed by atoms with Crippen molar-refractivity contribution >= 4 is 28.5 Å². The van der Waals surface area contributed by atoms with Gasteiger partial charge in [-0.3, -0.25) is 15.1 Å². The van der Waals surface area contributed by atoms with Gasteiger partial charge in [0.1, 0.15) is 5.75 Å². The second-order valence-electron chi connectivity index (χ2n) is 7.46. The summed E-state index contributed by atoms with van der Waals surface area (Å²) in [5, 5.41) is 7.34. The number of amides is 1. The van der Waals surface area contributed by atoms with E-state index in [0.717, 1.165) is 28.9 Å². The van der Waals surface area contributed by atoms with Crippen molar-refractivity contribution in [1.29, 1.82) is 0 Å². The third-order valence-electron chi connectivity index (χ3n) is 5.30. The van der Waals surface area contributed by atoms with Gasteiger partial charge in [-0.1, -0.05) is 36.4 Å². The van der Waals surface area contributed by atoms with Crippen LogP contribution in [-0.2, 0) is 6.42 Å². The third kappa shape index (κ3) is 4.98. The predicted octanol–water partition coefficient (Wildman–Crippen LogP) is 4.93. The molecule has 0 aliphatic rings. The summed E-state index contributed by atoms with van der Waals surface area (Å²) in [5.41, 5.74) is 4.64. The Bertz CT molecular complexity index is 1240. The van der Waals surface area contributed by atoms with E-state index in [9.17, 15) is 4.79 Å². The number of aromatic amines is 1. The second kappa shape index (κ2) is 9.83. The fourth-order valence-electron chi connectivity index (χ4n) is 3.55. The van der Waals surface area contributed by atoms with E-state index in [4.69, 9.17) is 4.74 Å². The van der Waals surface area contributed by atoms with Gasteiger partial charge in [0.05, 0.1) is 7.11 Å². The maximum absolute atomic E-state index is 12.9. The molecule has 4 aromatic rings. The summed E-state index contributed by atoms with van der Waals surface area (Å²) in [7, 11) is 1.63. The summed E-state index contributed by atoms with van der Waals surface area (Å²) in [6, 6.07) is 23.2. The molecule has 0 aliphatic carbocycles. The zero-order chi connectivity index (χ0) is 22.3. The first kappa shape index (κ1) is 21.2. The molecule has 1 amide bonds. The molecule has 3 N–H and O–H groups in total. The Balaban J connectivity index is 1.52. The van der Waals surface area contributed by atoms with Gasteiger partial charge in [-0.05, 0) is 60.9 Å². The van der Waals surface area contributed by atoms with Gasteiger partial charge in [-0.15, -0.1) is 0 Å². The number of nitrogens with zero attached hydrogens (tertiary/aromatic N) is 1. The molecule has 0 spiro atoms. The standard InChI is InChI=1S/C26H26N4O2/c1-18-7-3-4-8-22(18)25(31)30-26(29-20-11-13-21(32-2)14-12-20)27-16-15-19-17-28-24-10-6-5-9-23(19)24/h3-14,17,28H,15-16H2,1-2H3,(H2,27,29,30,31). The van der Waals surface area contributed by atoms with E-state index in [1.807, 2.05) is 73.8 Å². The zero-order valence-corrected chi connectivity index (χ0v) is 18.2. The van der Waals surface area contributed by atoms with Crippen molar-refractivity contribution in [3.63, 3.8) is 0 Å². The molecule has 6 heteroatoms. The quantitative estimate of drug-likeness (QED) is 0.302. The number of benzene rings is 3. The first-order valence-corrected chi connectivity index (χ1v) is 10.5. The lowest BCUT2D eigenvalue weighted by Gasteiger charge is -2.13. The van der Waals surface area contributed by atoms with Crippen LogP contribution in [0.4, 0.5) is 5.69 Å². The number of carbonyl (C=O) groups excluding carboxylic acids is 1. The van der Waals surface area contributed by atoms with Crippen LogP contribution in [-0.4, -0.2) is 30.5 Å². The number of methoxy groups -OCH3 is 1. The second-order valence-corrected chi connectivity index (χ2v) is 7.46. The number of aryl methyl sites for hydroxylation is 1. The Morgan fingerprint density at radius 3 is 2.53 bits per heavy atom. The summed E-state index contributed by atoms with van der Waals surface area (Å²) >= 11 is 0. The van der Waals surface area contributed by atoms with Crippen molar-refractivity contribution < 1.29 is 9.53 Å². The molecule has 0 saturated heterocycles. The average molecular weight is 427 g/mol. The number of H-pyrrole nitrogens is 1. The number of hydrogen-bond acceptors (Lipinski definition) is 3. The number of aliphatic imine (C=N–C) groups is 1. The van der Waals surface area contributed by atoms with E-state index in [2.05, 4.69) is 32.7 Å². The van der Waals surface area contributed by atoms with Crippen molar-refractivity contribution in [2.75, 3.05) is 19.0 Å². The molecule has 0 aliphatic heterocycles. The third-order valence-corrected chi connectivity index (χ3v) is 5.30. The molecule has 162 valence electrons. The van der Waals surface area contributed by atoms with Crippen molar-refractivity contribution in [3.05, 3.63) is 95.7 Å². The first-order chi connectivity index (χ1) is 15.6. The lowest BCUT2D eigenvalue weighted by Crippen LogP contribution is -2.36. The Morgan fingerprint density at radius 2 is 1.75 bits per heavy atom. The molecule has 0 bridgehead atoms. The molecule has 1 heterocycles. The van der Waals surface area contributed by atoms with Crippen LogP contribution in [0.5, 0.6) is 5.75 Å². The number of carbonyl (C=O) groups is 1. The Labute approximate surface area is 187 Å². The van der Waals surface area contributed by atoms with Crippen molar-refractivity contribution in [2.45, 2.75) is 13.3 Å². The van der Waals surface area contributed by atoms with Crippen LogP contribution in [0.3, 0.4) is 0 Å². The number of aromatic nitrogens is 1. The number of guanidine groups is 1. The normalized spacial score (nSPS) is 11.4. The fourth-order valence-corrected chi connectivity index (χ4v) is 3.55. The van der Waals surface area contributed by atoms with Gasteiger partial charge < -0.3 is 15.0 Å². The fraction of sp³-hybridized carbons (Fsp3) is 0.154. The molecule has 0 unspecified atom stereocenters. The number of rotatable bonds is 6. The van der Waals surface area contributed by atoms with E-state index in [1.54, 1.807) is 7.11 Å². The topological polar surface area (TPSA) is 78.5 Å². The number of hydrogen-bond donors (Lipinski definition) is 3. The highest BCUT2D eigenvalue weighted by Gasteiger charge is 2.12. The lowest BCUT2D eigenvalue weighted by atomic mass is 10.1. The summed E-state index contributed by atoms with van der Waals surface area (Å²) < 4.78 is 5.22. The number of nitrogens with one attached hydrogen (secondary N) is 3. The van der Waals surface area contributed by atoms with Gasteiger partial charge in [0, 0.05) is 34.9 Å². The molecule has 3 aromatic carbocycles. The average Bonchev–Trinajstić information content (AvgIpc) is 3.23. The van der Waals surface area contributed by atoms with Crippen molar-refractivity contribution in [3.8, 4) is 5.75 Å². The highest BCUT2D eigenvalue weighted by Crippen LogP contribution is 2.18. The summed E-state index contributed by atoms with van der Waals surface area (Å²) in [4.78, 5) is 20.8. The number of para-hydroxylation sites is 1. The summed E-state index contributed by atoms with van der Waals surface area (Å²) in [6.45, 7) is 2.44. The van der Waals surface area contributed by atoms with Gasteiger partial charge in [0.2, 0.25) is 5.96 Å². The van der Waals surface area contributed by atoms with Crippen LogP contribution in [0.25, 0.3) is 10.9 Å². The molecule has 4 rings (SSSR count). The molecule has 1 aromatic heterocycles. The van der Waals surface area contributed by atoms with E-state index in [1.165, 1.54) is 10.9 Å². The molecular weight excluding hydrogens is 400 g/mol. The van der Waals surface area contributed by atoms with Crippen LogP contribution >= 0.6 is 0 Å². The van der Waals surface area contributed by atoms with Gasteiger partial charge in [0.25, 0.3) is 5.91 Å². The van der Waals surface area contributed by atoms with Gasteiger partial charge in [-0.25, -0.2) is 0 Å². The Hall–Kier alpha value is -4.06. The highest BCUT2D eigenvalue weighted by atomic mass is 16.5. The van der Waals surface area contributed by atoms with Crippen LogP contribution in [0.1, 0.15) is 21.5 Å². The summed E-state index contributed by atoms with van der Waals surface area (Å²) in [6.07, 6.45) is 2.76. The smallest absolute Gasteiger partial charge is 0.258 e. The predicted molar refractivity (Wildman–Crippen MR) is 130 cm³/mol. The highest BCUT2D eigenvalue weighted by molar-refractivity contribution is 6.10. The molecule has 0 saturated carbocycles. The van der Waals surface area contributed by atoms with Gasteiger partial charge in [-0.2, -0.15) is 0 Å². The zero-order valence-electron chi connectivity index (χ0n) is 18.2. The maximum Gasteiger partial charge on any atom is 0.258 e. The van der Waals surface area contributed by atoms with E-state index >= 15 is 0 Å². The lowest BCUT2D eigenvalue weighted by molar-refractivity contribution is 0.0976. The Morgan fingerprint density at radius 1 is 1.00 bits per heavy atom. The molecular formula is C26H26N4O2. The van der Waals surface area contributed by atoms with Gasteiger partial charge >= 0.3 is 0 Å². The monoisotopic (exact) mass is 426 g/mol. The Kier molecular flexibility index (Phi) is 6.51. The molecule has 0 atom stereocenters. The molecule has 0 radical (unpaired) electrons. The summed E-state index contributed by atoms with van der Waals surface area (Å²) in [5.74, 6) is 0.968. The largest absolute Gasteiger partial charge is 0.497 e. The van der Waals surface area contributed by atoms with Crippen molar-refractivity contribution in [2.24, 2.45) is 4.99 Å². The van der Waals surface area contributed by atoms with Crippen LogP contribution < -0.4 is 15.4 Å². The van der Waals surface area contributed by atoms with Crippen LogP contribution in [0.15, 0.2) is 84.0 Å². The van der Waals surface area contributed by atoms with E-state index in [0.29, 0.717) is 18.1 Å². The minimum Gasteiger partial charge on any atom is -0.497 e.